The molecule has 1 heterocycles. The van der Waals surface area contributed by atoms with Gasteiger partial charge in [-0.15, -0.1) is 0 Å². The lowest BCUT2D eigenvalue weighted by molar-refractivity contribution is -0.126. The third kappa shape index (κ3) is 4.29. The van der Waals surface area contributed by atoms with E-state index in [1.54, 1.807) is 32.0 Å². The minimum absolute atomic E-state index is 0.0776. The first-order valence-corrected chi connectivity index (χ1v) is 9.48. The molecule has 1 aliphatic heterocycles. The fraction of sp³-hybridized carbons (Fsp3) is 0.562. The smallest absolute Gasteiger partial charge is 0.223 e. The number of nitrogens with zero attached hydrogens (tertiary/aromatic N) is 1. The van der Waals surface area contributed by atoms with Crippen molar-refractivity contribution in [3.63, 3.8) is 0 Å². The summed E-state index contributed by atoms with van der Waals surface area (Å²) in [6.45, 7) is 4.09. The van der Waals surface area contributed by atoms with Gasteiger partial charge in [-0.1, -0.05) is 18.2 Å². The molecule has 0 saturated carbocycles. The fourth-order valence-electron chi connectivity index (χ4n) is 2.81. The summed E-state index contributed by atoms with van der Waals surface area (Å²) in [7, 11) is -3.19. The SMILES string of the molecule is CCS(=O)(=O)N1CCC(C(=O)N[C@H](C)c2ccccc2F)CC1. The monoisotopic (exact) mass is 342 g/mol. The van der Waals surface area contributed by atoms with Crippen molar-refractivity contribution in [3.8, 4) is 0 Å². The molecule has 0 aromatic heterocycles. The standard InChI is InChI=1S/C16H23FN2O3S/c1-3-23(21,22)19-10-8-13(9-11-19)16(20)18-12(2)14-6-4-5-7-15(14)17/h4-7,12-13H,3,8-11H2,1-2H3,(H,18,20)/t12-/m1/s1. The lowest BCUT2D eigenvalue weighted by Gasteiger charge is -2.31. The molecule has 128 valence electrons. The molecule has 0 spiro atoms. The Kier molecular flexibility index (Phi) is 5.75. The molecule has 1 fully saturated rings. The van der Waals surface area contributed by atoms with Crippen LogP contribution in [0, 0.1) is 11.7 Å². The molecule has 0 aliphatic carbocycles. The van der Waals surface area contributed by atoms with E-state index in [2.05, 4.69) is 5.32 Å². The summed E-state index contributed by atoms with van der Waals surface area (Å²) in [5.41, 5.74) is 0.451. The van der Waals surface area contributed by atoms with Crippen LogP contribution >= 0.6 is 0 Å². The van der Waals surface area contributed by atoms with Crippen LogP contribution in [0.25, 0.3) is 0 Å². The van der Waals surface area contributed by atoms with Crippen molar-refractivity contribution >= 4 is 15.9 Å². The van der Waals surface area contributed by atoms with E-state index >= 15 is 0 Å². The van der Waals surface area contributed by atoms with Crippen LogP contribution in [0.1, 0.15) is 38.3 Å². The Labute approximate surface area is 136 Å². The quantitative estimate of drug-likeness (QED) is 0.891. The van der Waals surface area contributed by atoms with Crippen LogP contribution in [0.5, 0.6) is 0 Å². The lowest BCUT2D eigenvalue weighted by atomic mass is 9.96. The molecular formula is C16H23FN2O3S. The van der Waals surface area contributed by atoms with Gasteiger partial charge in [0.05, 0.1) is 11.8 Å². The minimum Gasteiger partial charge on any atom is -0.349 e. The zero-order valence-corrected chi connectivity index (χ0v) is 14.3. The number of hydrogen-bond donors (Lipinski definition) is 1. The first kappa shape index (κ1) is 17.9. The van der Waals surface area contributed by atoms with Gasteiger partial charge < -0.3 is 5.32 Å². The Bertz CT molecular complexity index is 655. The Morgan fingerprint density at radius 1 is 1.35 bits per heavy atom. The Morgan fingerprint density at radius 2 is 1.96 bits per heavy atom. The predicted octanol–water partition coefficient (Wildman–Crippen LogP) is 2.06. The van der Waals surface area contributed by atoms with Crippen molar-refractivity contribution in [1.29, 1.82) is 0 Å². The van der Waals surface area contributed by atoms with E-state index in [0.717, 1.165) is 0 Å². The molecule has 2 rings (SSSR count). The van der Waals surface area contributed by atoms with E-state index in [1.807, 2.05) is 0 Å². The number of benzene rings is 1. The van der Waals surface area contributed by atoms with Crippen molar-refractivity contribution in [1.82, 2.24) is 9.62 Å². The number of sulfonamides is 1. The first-order valence-electron chi connectivity index (χ1n) is 7.87. The van der Waals surface area contributed by atoms with E-state index in [9.17, 15) is 17.6 Å². The van der Waals surface area contributed by atoms with E-state index in [-0.39, 0.29) is 23.4 Å². The molecular weight excluding hydrogens is 319 g/mol. The molecule has 1 atom stereocenters. The molecule has 1 aromatic rings. The highest BCUT2D eigenvalue weighted by Crippen LogP contribution is 2.22. The second kappa shape index (κ2) is 7.40. The molecule has 1 amide bonds. The van der Waals surface area contributed by atoms with E-state index in [4.69, 9.17) is 0 Å². The van der Waals surface area contributed by atoms with Crippen LogP contribution in [-0.4, -0.2) is 37.5 Å². The Hall–Kier alpha value is -1.47. The summed E-state index contributed by atoms with van der Waals surface area (Å²) in [5, 5.41) is 2.83. The Morgan fingerprint density at radius 3 is 2.52 bits per heavy atom. The van der Waals surface area contributed by atoms with Crippen LogP contribution < -0.4 is 5.32 Å². The summed E-state index contributed by atoms with van der Waals surface area (Å²) in [6.07, 6.45) is 0.990. The van der Waals surface area contributed by atoms with Crippen molar-refractivity contribution < 1.29 is 17.6 Å². The second-order valence-corrected chi connectivity index (χ2v) is 8.08. The van der Waals surface area contributed by atoms with Gasteiger partial charge in [-0.25, -0.2) is 17.1 Å². The van der Waals surface area contributed by atoms with Crippen LogP contribution in [0.3, 0.4) is 0 Å². The van der Waals surface area contributed by atoms with Crippen molar-refractivity contribution in [2.45, 2.75) is 32.7 Å². The molecule has 0 radical (unpaired) electrons. The number of nitrogens with one attached hydrogen (secondary N) is 1. The normalized spacial score (nSPS) is 18.6. The molecule has 1 saturated heterocycles. The van der Waals surface area contributed by atoms with Gasteiger partial charge in [0.25, 0.3) is 0 Å². The largest absolute Gasteiger partial charge is 0.349 e. The van der Waals surface area contributed by atoms with Gasteiger partial charge in [0.1, 0.15) is 5.82 Å². The summed E-state index contributed by atoms with van der Waals surface area (Å²) in [6, 6.07) is 5.94. The van der Waals surface area contributed by atoms with Gasteiger partial charge in [0.2, 0.25) is 15.9 Å². The van der Waals surface area contributed by atoms with Gasteiger partial charge in [-0.3, -0.25) is 4.79 Å². The highest BCUT2D eigenvalue weighted by Gasteiger charge is 2.30. The summed E-state index contributed by atoms with van der Waals surface area (Å²) < 4.78 is 38.8. The summed E-state index contributed by atoms with van der Waals surface area (Å²) in [4.78, 5) is 12.3. The lowest BCUT2D eigenvalue weighted by Crippen LogP contribution is -2.43. The maximum absolute atomic E-state index is 13.7. The minimum atomic E-state index is -3.19. The van der Waals surface area contributed by atoms with Crippen LogP contribution in [0.4, 0.5) is 4.39 Å². The highest BCUT2D eigenvalue weighted by molar-refractivity contribution is 7.89. The first-order chi connectivity index (χ1) is 10.8. The number of piperidine rings is 1. The zero-order chi connectivity index (χ0) is 17.0. The average Bonchev–Trinajstić information content (AvgIpc) is 2.55. The van der Waals surface area contributed by atoms with Gasteiger partial charge in [0, 0.05) is 24.6 Å². The molecule has 23 heavy (non-hydrogen) atoms. The van der Waals surface area contributed by atoms with E-state index in [1.165, 1.54) is 10.4 Å². The zero-order valence-electron chi connectivity index (χ0n) is 13.5. The maximum Gasteiger partial charge on any atom is 0.223 e. The number of hydrogen-bond acceptors (Lipinski definition) is 3. The third-order valence-electron chi connectivity index (χ3n) is 4.31. The number of carbonyl (C=O) groups is 1. The van der Waals surface area contributed by atoms with Crippen molar-refractivity contribution in [3.05, 3.63) is 35.6 Å². The van der Waals surface area contributed by atoms with Crippen LogP contribution in [-0.2, 0) is 14.8 Å². The number of carbonyl (C=O) groups excluding carboxylic acids is 1. The van der Waals surface area contributed by atoms with Crippen molar-refractivity contribution in [2.24, 2.45) is 5.92 Å². The summed E-state index contributed by atoms with van der Waals surface area (Å²) >= 11 is 0. The van der Waals surface area contributed by atoms with E-state index in [0.29, 0.717) is 31.5 Å². The molecule has 1 aromatic carbocycles. The molecule has 1 aliphatic rings. The Balaban J connectivity index is 1.92. The van der Waals surface area contributed by atoms with Gasteiger partial charge in [0.15, 0.2) is 0 Å². The molecule has 0 unspecified atom stereocenters. The van der Waals surface area contributed by atoms with Crippen LogP contribution in [0.15, 0.2) is 24.3 Å². The van der Waals surface area contributed by atoms with Gasteiger partial charge in [-0.05, 0) is 32.8 Å². The van der Waals surface area contributed by atoms with Gasteiger partial charge >= 0.3 is 0 Å². The number of rotatable bonds is 5. The van der Waals surface area contributed by atoms with E-state index < -0.39 is 16.1 Å². The predicted molar refractivity (Wildman–Crippen MR) is 86.7 cm³/mol. The maximum atomic E-state index is 13.7. The average molecular weight is 342 g/mol. The van der Waals surface area contributed by atoms with Crippen LogP contribution in [0.2, 0.25) is 0 Å². The number of amides is 1. The molecule has 5 nitrogen and oxygen atoms in total. The highest BCUT2D eigenvalue weighted by atomic mass is 32.2. The topological polar surface area (TPSA) is 66.5 Å². The third-order valence-corrected chi connectivity index (χ3v) is 6.19. The second-order valence-electron chi connectivity index (χ2n) is 5.83. The van der Waals surface area contributed by atoms with Crippen molar-refractivity contribution in [2.75, 3.05) is 18.8 Å². The molecule has 7 heteroatoms. The number of halogens is 1. The molecule has 0 bridgehead atoms. The van der Waals surface area contributed by atoms with Gasteiger partial charge in [-0.2, -0.15) is 0 Å². The fourth-order valence-corrected chi connectivity index (χ4v) is 3.95. The summed E-state index contributed by atoms with van der Waals surface area (Å²) in [5.74, 6) is -0.639. The molecule has 1 N–H and O–H groups in total.